The third kappa shape index (κ3) is 5.87. The number of nitrogen functional groups attached to an aromatic ring is 1. The molecule has 6 atom stereocenters. The average Bonchev–Trinajstić information content (AvgIpc) is 3.59. The molecule has 0 spiro atoms. The number of para-hydroxylation sites is 1. The quantitative estimate of drug-likeness (QED) is 0.144. The Bertz CT molecular complexity index is 1420. The molecule has 0 radical (unpaired) electrons. The highest BCUT2D eigenvalue weighted by molar-refractivity contribution is 7.52. The number of hydrogen-bond acceptors (Lipinski definition) is 12. The van der Waals surface area contributed by atoms with Gasteiger partial charge in [-0.15, -0.1) is 11.6 Å². The van der Waals surface area contributed by atoms with Crippen LogP contribution in [0.15, 0.2) is 36.7 Å². The average molecular weight is 596 g/mol. The minimum Gasteiger partial charge on any atom is -0.468 e. The molecule has 5 N–H and O–H groups in total. The van der Waals surface area contributed by atoms with E-state index in [1.807, 2.05) is 0 Å². The van der Waals surface area contributed by atoms with Gasteiger partial charge in [-0.25, -0.2) is 9.55 Å². The number of aliphatic hydroxyl groups excluding tert-OH is 1. The summed E-state index contributed by atoms with van der Waals surface area (Å²) < 4.78 is 37.4. The normalized spacial score (nSPS) is 26.8. The van der Waals surface area contributed by atoms with Crippen LogP contribution >= 0.6 is 19.3 Å². The number of esters is 1. The van der Waals surface area contributed by atoms with Crippen LogP contribution in [0.4, 0.5) is 11.8 Å². The van der Waals surface area contributed by atoms with E-state index < -0.39 is 49.7 Å². The molecule has 3 heterocycles. The number of carbonyl (C=O) groups is 1. The fraction of sp³-hybridized carbons (Fsp3) is 0.500. The number of carbonyl (C=O) groups excluding carboxylic acids is 1. The van der Waals surface area contributed by atoms with Crippen LogP contribution < -0.4 is 20.7 Å². The molecule has 14 nitrogen and oxygen atoms in total. The largest absolute Gasteiger partial charge is 0.468 e. The van der Waals surface area contributed by atoms with Gasteiger partial charge >= 0.3 is 13.7 Å². The molecule has 1 aliphatic carbocycles. The first-order valence-corrected chi connectivity index (χ1v) is 14.6. The highest BCUT2D eigenvalue weighted by Gasteiger charge is 2.54. The molecule has 1 saturated heterocycles. The van der Waals surface area contributed by atoms with Crippen molar-refractivity contribution in [2.75, 3.05) is 24.8 Å². The molecule has 1 saturated carbocycles. The molecule has 1 aliphatic heterocycles. The Labute approximate surface area is 235 Å². The molecule has 216 valence electrons. The molecule has 0 amide bonds. The summed E-state index contributed by atoms with van der Waals surface area (Å²) in [6.45, 7) is 2.65. The lowest BCUT2D eigenvalue weighted by Crippen LogP contribution is -2.40. The van der Waals surface area contributed by atoms with E-state index in [1.165, 1.54) is 20.4 Å². The van der Waals surface area contributed by atoms with Crippen LogP contribution in [0.3, 0.4) is 0 Å². The number of nitrogens with zero attached hydrogens (tertiary/aromatic N) is 4. The van der Waals surface area contributed by atoms with Crippen molar-refractivity contribution in [1.82, 2.24) is 24.6 Å². The van der Waals surface area contributed by atoms with Crippen molar-refractivity contribution in [3.8, 4) is 5.75 Å². The molecule has 5 rings (SSSR count). The number of halogens is 1. The Morgan fingerprint density at radius 2 is 2.08 bits per heavy atom. The second kappa shape index (κ2) is 11.1. The second-order valence-corrected chi connectivity index (χ2v) is 12.4. The summed E-state index contributed by atoms with van der Waals surface area (Å²) in [7, 11) is -2.97. The number of nitrogens with two attached hydrogens (primary N) is 1. The molecule has 16 heteroatoms. The lowest BCUT2D eigenvalue weighted by molar-refractivity contribution is -0.142. The lowest BCUT2D eigenvalue weighted by Gasteiger charge is -2.26. The van der Waals surface area contributed by atoms with E-state index in [4.69, 9.17) is 35.9 Å². The number of imidazole rings is 1. The highest BCUT2D eigenvalue weighted by atomic mass is 35.5. The number of anilines is 2. The van der Waals surface area contributed by atoms with Crippen molar-refractivity contribution >= 4 is 48.2 Å². The molecule has 0 unspecified atom stereocenters. The summed E-state index contributed by atoms with van der Waals surface area (Å²) in [6.07, 6.45) is 0.260. The SMILES string of the molecule is COC(=O)[C@@H](C)N[P@](=O)(OC[C@H]1O[C@@H](n2cnc3c(NC4CC4)nc(N)nc32)[C@](C)(Cl)[C@@H]1O)Oc1ccccc1. The number of rotatable bonds is 11. The summed E-state index contributed by atoms with van der Waals surface area (Å²) in [6, 6.07) is 7.57. The molecule has 2 aliphatic rings. The molecule has 2 fully saturated rings. The summed E-state index contributed by atoms with van der Waals surface area (Å²) >= 11 is 6.82. The summed E-state index contributed by atoms with van der Waals surface area (Å²) in [5.74, 6) is 0.108. The van der Waals surface area contributed by atoms with Gasteiger partial charge < -0.3 is 30.2 Å². The predicted octanol–water partition coefficient (Wildman–Crippen LogP) is 2.59. The second-order valence-electron chi connectivity index (χ2n) is 9.87. The van der Waals surface area contributed by atoms with Crippen LogP contribution in [-0.4, -0.2) is 73.5 Å². The third-order valence-electron chi connectivity index (χ3n) is 6.61. The van der Waals surface area contributed by atoms with Gasteiger partial charge in [0.2, 0.25) is 5.95 Å². The number of methoxy groups -OCH3 is 1. The van der Waals surface area contributed by atoms with E-state index in [9.17, 15) is 14.5 Å². The van der Waals surface area contributed by atoms with Gasteiger partial charge in [-0.3, -0.25) is 13.9 Å². The van der Waals surface area contributed by atoms with E-state index >= 15 is 0 Å². The van der Waals surface area contributed by atoms with Gasteiger partial charge in [0.25, 0.3) is 0 Å². The smallest absolute Gasteiger partial charge is 0.459 e. The van der Waals surface area contributed by atoms with Crippen molar-refractivity contribution < 1.29 is 33.0 Å². The minimum absolute atomic E-state index is 0.0388. The zero-order valence-electron chi connectivity index (χ0n) is 22.1. The van der Waals surface area contributed by atoms with Gasteiger partial charge in [0.05, 0.1) is 20.0 Å². The highest BCUT2D eigenvalue weighted by Crippen LogP contribution is 2.48. The first-order chi connectivity index (χ1) is 19.0. The first kappa shape index (κ1) is 28.5. The van der Waals surface area contributed by atoms with E-state index in [2.05, 4.69) is 25.4 Å². The lowest BCUT2D eigenvalue weighted by atomic mass is 10.0. The maximum absolute atomic E-state index is 13.7. The Morgan fingerprint density at radius 1 is 1.35 bits per heavy atom. The first-order valence-electron chi connectivity index (χ1n) is 12.6. The zero-order chi connectivity index (χ0) is 28.7. The number of alkyl halides is 1. The van der Waals surface area contributed by atoms with E-state index in [0.29, 0.717) is 23.0 Å². The minimum atomic E-state index is -4.17. The van der Waals surface area contributed by atoms with Crippen molar-refractivity contribution in [1.29, 1.82) is 0 Å². The Balaban J connectivity index is 1.37. The number of aliphatic hydroxyl groups is 1. The van der Waals surface area contributed by atoms with Crippen LogP contribution in [0.25, 0.3) is 11.2 Å². The van der Waals surface area contributed by atoms with Crippen molar-refractivity contribution in [2.45, 2.75) is 62.1 Å². The van der Waals surface area contributed by atoms with Crippen LogP contribution in [0, 0.1) is 0 Å². The Hall–Kier alpha value is -3.00. The van der Waals surface area contributed by atoms with Crippen LogP contribution in [0.2, 0.25) is 0 Å². The third-order valence-corrected chi connectivity index (χ3v) is 8.66. The molecular weight excluding hydrogens is 565 g/mol. The van der Waals surface area contributed by atoms with Gasteiger partial charge in [0, 0.05) is 6.04 Å². The van der Waals surface area contributed by atoms with Crippen LogP contribution in [0.1, 0.15) is 32.9 Å². The molecule has 3 aromatic rings. The summed E-state index contributed by atoms with van der Waals surface area (Å²) in [5.41, 5.74) is 6.82. The molecule has 40 heavy (non-hydrogen) atoms. The van der Waals surface area contributed by atoms with Crippen molar-refractivity contribution in [3.63, 3.8) is 0 Å². The monoisotopic (exact) mass is 595 g/mol. The van der Waals surface area contributed by atoms with E-state index in [1.54, 1.807) is 41.8 Å². The molecular formula is C24H31ClN7O7P. The van der Waals surface area contributed by atoms with Gasteiger partial charge in [-0.1, -0.05) is 18.2 Å². The van der Waals surface area contributed by atoms with Crippen LogP contribution in [-0.2, 0) is 23.4 Å². The van der Waals surface area contributed by atoms with Gasteiger partial charge in [0.1, 0.15) is 28.9 Å². The fourth-order valence-electron chi connectivity index (χ4n) is 4.33. The molecule has 1 aromatic carbocycles. The van der Waals surface area contributed by atoms with E-state index in [-0.39, 0.29) is 11.7 Å². The van der Waals surface area contributed by atoms with Gasteiger partial charge in [-0.05, 0) is 38.8 Å². The zero-order valence-corrected chi connectivity index (χ0v) is 23.7. The van der Waals surface area contributed by atoms with E-state index in [0.717, 1.165) is 12.8 Å². The number of benzene rings is 1. The van der Waals surface area contributed by atoms with Crippen molar-refractivity contribution in [2.24, 2.45) is 0 Å². The Kier molecular flexibility index (Phi) is 7.92. The number of nitrogens with one attached hydrogen (secondary N) is 2. The van der Waals surface area contributed by atoms with Gasteiger partial charge in [0.15, 0.2) is 23.2 Å². The van der Waals surface area contributed by atoms with Gasteiger partial charge in [-0.2, -0.15) is 15.1 Å². The molecule has 0 bridgehead atoms. The number of hydrogen-bond donors (Lipinski definition) is 4. The standard InChI is InChI=1S/C24H31ClN7O7P/c1-13(21(34)36-3)31-40(35,39-15-7-5-4-6-8-15)37-11-16-18(33)24(2,25)22(38-16)32-12-27-17-19(28-14-9-10-14)29-23(26)30-20(17)32/h4-8,12-14,16,18,22,33H,9-11H2,1-3H3,(H,31,35)(H3,26,28,29,30)/t13-,16-,18-,22-,24-,40+/m1/s1. The maximum Gasteiger partial charge on any atom is 0.459 e. The maximum atomic E-state index is 13.7. The van der Waals surface area contributed by atoms with Crippen molar-refractivity contribution in [3.05, 3.63) is 36.7 Å². The topological polar surface area (TPSA) is 185 Å². The predicted molar refractivity (Wildman–Crippen MR) is 146 cm³/mol. The fourth-order valence-corrected chi connectivity index (χ4v) is 6.12. The Morgan fingerprint density at radius 3 is 2.75 bits per heavy atom. The number of aromatic nitrogens is 4. The van der Waals surface area contributed by atoms with Crippen LogP contribution in [0.5, 0.6) is 5.75 Å². The summed E-state index contributed by atoms with van der Waals surface area (Å²) in [4.78, 5) is 23.7. The number of ether oxygens (including phenoxy) is 2. The molecule has 2 aromatic heterocycles. The number of fused-ring (bicyclic) bond motifs is 1. The summed E-state index contributed by atoms with van der Waals surface area (Å²) in [5, 5.41) is 17.0.